The van der Waals surface area contributed by atoms with Gasteiger partial charge < -0.3 is 10.2 Å². The molecule has 4 rings (SSSR count). The highest BCUT2D eigenvalue weighted by molar-refractivity contribution is 6.09. The molecule has 0 radical (unpaired) electrons. The number of amides is 1. The van der Waals surface area contributed by atoms with Crippen LogP contribution in [-0.2, 0) is 6.42 Å². The maximum atomic E-state index is 14.0. The molecular weight excluding hydrogens is 458 g/mol. The van der Waals surface area contributed by atoms with Gasteiger partial charge in [-0.25, -0.2) is 22.5 Å². The number of rotatable bonds is 5. The van der Waals surface area contributed by atoms with Crippen LogP contribution in [-0.4, -0.2) is 29.9 Å². The maximum absolute atomic E-state index is 14.0. The molecule has 4 nitrogen and oxygen atoms in total. The second-order valence-electron chi connectivity index (χ2n) is 8.86. The molecular formula is C27H29F4N3O. The van der Waals surface area contributed by atoms with Gasteiger partial charge in [-0.05, 0) is 60.7 Å². The van der Waals surface area contributed by atoms with Crippen molar-refractivity contribution >= 4 is 17.4 Å². The number of hydrogen-bond acceptors (Lipinski definition) is 3. The molecule has 186 valence electrons. The van der Waals surface area contributed by atoms with Gasteiger partial charge in [-0.15, -0.1) is 0 Å². The summed E-state index contributed by atoms with van der Waals surface area (Å²) in [5.74, 6) is -4.45. The summed E-state index contributed by atoms with van der Waals surface area (Å²) >= 11 is 0. The molecule has 3 aromatic rings. The second-order valence-corrected chi connectivity index (χ2v) is 8.86. The Balaban J connectivity index is 0.00000361. The molecule has 0 aliphatic carbocycles. The molecule has 1 N–H and O–H groups in total. The third kappa shape index (κ3) is 5.63. The zero-order valence-corrected chi connectivity index (χ0v) is 19.7. The van der Waals surface area contributed by atoms with E-state index < -0.39 is 23.5 Å². The Morgan fingerprint density at radius 3 is 2.57 bits per heavy atom. The highest BCUT2D eigenvalue weighted by Gasteiger charge is 2.33. The molecule has 1 aromatic heterocycles. The van der Waals surface area contributed by atoms with Crippen LogP contribution in [0.4, 0.5) is 29.1 Å². The lowest BCUT2D eigenvalue weighted by Gasteiger charge is -2.26. The van der Waals surface area contributed by atoms with E-state index in [4.69, 9.17) is 0 Å². The lowest BCUT2D eigenvalue weighted by atomic mass is 9.97. The number of benzene rings is 2. The molecule has 1 amide bonds. The summed E-state index contributed by atoms with van der Waals surface area (Å²) in [7, 11) is 0. The molecule has 8 heteroatoms. The number of halogens is 4. The highest BCUT2D eigenvalue weighted by atomic mass is 19.3. The van der Waals surface area contributed by atoms with E-state index in [1.54, 1.807) is 17.9 Å². The molecule has 0 saturated carbocycles. The third-order valence-electron chi connectivity index (χ3n) is 6.33. The van der Waals surface area contributed by atoms with Gasteiger partial charge in [0.25, 0.3) is 5.91 Å². The molecule has 2 aromatic carbocycles. The number of carbonyl (C=O) groups excluding carboxylic acids is 1. The lowest BCUT2D eigenvalue weighted by molar-refractivity contribution is -0.0102. The van der Waals surface area contributed by atoms with Crippen molar-refractivity contribution in [3.05, 3.63) is 77.0 Å². The van der Waals surface area contributed by atoms with Gasteiger partial charge in [0.2, 0.25) is 5.92 Å². The third-order valence-corrected chi connectivity index (χ3v) is 6.33. The number of aryl methyl sites for hydroxylation is 1. The molecule has 0 atom stereocenters. The zero-order valence-electron chi connectivity index (χ0n) is 19.7. The van der Waals surface area contributed by atoms with Crippen LogP contribution in [0.5, 0.6) is 0 Å². The molecule has 1 aliphatic rings. The summed E-state index contributed by atoms with van der Waals surface area (Å²) in [5.41, 5.74) is 2.91. The largest absolute Gasteiger partial charge is 0.356 e. The molecule has 0 spiro atoms. The Labute approximate surface area is 203 Å². The lowest BCUT2D eigenvalue weighted by Crippen LogP contribution is -2.30. The van der Waals surface area contributed by atoms with Gasteiger partial charge in [-0.2, -0.15) is 0 Å². The summed E-state index contributed by atoms with van der Waals surface area (Å²) in [4.78, 5) is 19.7. The Bertz CT molecular complexity index is 1230. The first-order valence-electron chi connectivity index (χ1n) is 11.7. The minimum absolute atomic E-state index is 0. The molecule has 0 bridgehead atoms. The SMILES string of the molecule is CCc1cccc(NC(=O)c2c(N3CCCC(F)(F)CC3)ncc(-c3cc(F)cc(F)c3)c2C)c1.[HH]. The van der Waals surface area contributed by atoms with Gasteiger partial charge in [0.15, 0.2) is 0 Å². The van der Waals surface area contributed by atoms with Gasteiger partial charge in [-0.3, -0.25) is 4.79 Å². The van der Waals surface area contributed by atoms with Crippen LogP contribution in [0.25, 0.3) is 11.1 Å². The van der Waals surface area contributed by atoms with Crippen LogP contribution >= 0.6 is 0 Å². The van der Waals surface area contributed by atoms with Gasteiger partial charge in [0.05, 0.1) is 5.56 Å². The molecule has 35 heavy (non-hydrogen) atoms. The van der Waals surface area contributed by atoms with Gasteiger partial charge in [0, 0.05) is 50.9 Å². The van der Waals surface area contributed by atoms with Crippen LogP contribution in [0.3, 0.4) is 0 Å². The normalized spacial score (nSPS) is 15.5. The van der Waals surface area contributed by atoms with Crippen LogP contribution in [0.1, 0.15) is 49.1 Å². The van der Waals surface area contributed by atoms with E-state index >= 15 is 0 Å². The molecule has 1 aliphatic heterocycles. The molecule has 1 saturated heterocycles. The van der Waals surface area contributed by atoms with Crippen molar-refractivity contribution in [2.24, 2.45) is 0 Å². The van der Waals surface area contributed by atoms with Gasteiger partial charge in [-0.1, -0.05) is 19.1 Å². The smallest absolute Gasteiger partial charge is 0.259 e. The number of carbonyl (C=O) groups is 1. The van der Waals surface area contributed by atoms with Crippen LogP contribution in [0.15, 0.2) is 48.7 Å². The number of nitrogens with one attached hydrogen (secondary N) is 1. The monoisotopic (exact) mass is 487 g/mol. The number of aromatic nitrogens is 1. The number of nitrogens with zero attached hydrogens (tertiary/aromatic N) is 2. The fraction of sp³-hybridized carbons (Fsp3) is 0.333. The predicted molar refractivity (Wildman–Crippen MR) is 131 cm³/mol. The van der Waals surface area contributed by atoms with Crippen molar-refractivity contribution in [2.75, 3.05) is 23.3 Å². The van der Waals surface area contributed by atoms with Crippen molar-refractivity contribution in [1.29, 1.82) is 0 Å². The van der Waals surface area contributed by atoms with E-state index in [-0.39, 0.29) is 44.2 Å². The quantitative estimate of drug-likeness (QED) is 0.393. The van der Waals surface area contributed by atoms with Crippen LogP contribution < -0.4 is 10.2 Å². The average Bonchev–Trinajstić information content (AvgIpc) is 2.98. The van der Waals surface area contributed by atoms with E-state index in [0.717, 1.165) is 18.1 Å². The molecule has 2 heterocycles. The second kappa shape index (κ2) is 10.1. The van der Waals surface area contributed by atoms with Crippen molar-refractivity contribution < 1.29 is 23.8 Å². The van der Waals surface area contributed by atoms with E-state index in [1.165, 1.54) is 18.3 Å². The van der Waals surface area contributed by atoms with Crippen molar-refractivity contribution in [1.82, 2.24) is 4.98 Å². The van der Waals surface area contributed by atoms with Crippen molar-refractivity contribution in [2.45, 2.75) is 45.5 Å². The van der Waals surface area contributed by atoms with E-state index in [0.29, 0.717) is 23.4 Å². The fourth-order valence-corrected chi connectivity index (χ4v) is 4.44. The van der Waals surface area contributed by atoms with E-state index in [2.05, 4.69) is 10.3 Å². The Kier molecular flexibility index (Phi) is 7.10. The number of alkyl halides is 2. The maximum Gasteiger partial charge on any atom is 0.259 e. The van der Waals surface area contributed by atoms with Gasteiger partial charge in [0.1, 0.15) is 17.5 Å². The Morgan fingerprint density at radius 1 is 1.11 bits per heavy atom. The summed E-state index contributed by atoms with van der Waals surface area (Å²) in [6, 6.07) is 10.5. The number of hydrogen-bond donors (Lipinski definition) is 1. The first-order chi connectivity index (χ1) is 16.7. The van der Waals surface area contributed by atoms with E-state index in [1.807, 2.05) is 25.1 Å². The van der Waals surface area contributed by atoms with Crippen LogP contribution in [0, 0.1) is 18.6 Å². The van der Waals surface area contributed by atoms with E-state index in [9.17, 15) is 22.4 Å². The first-order valence-corrected chi connectivity index (χ1v) is 11.7. The topological polar surface area (TPSA) is 45.2 Å². The van der Waals surface area contributed by atoms with Crippen LogP contribution in [0.2, 0.25) is 0 Å². The average molecular weight is 488 g/mol. The fourth-order valence-electron chi connectivity index (χ4n) is 4.44. The summed E-state index contributed by atoms with van der Waals surface area (Å²) < 4.78 is 55.9. The zero-order chi connectivity index (χ0) is 25.2. The minimum Gasteiger partial charge on any atom is -0.356 e. The first kappa shape index (κ1) is 24.7. The molecule has 1 fully saturated rings. The predicted octanol–water partition coefficient (Wildman–Crippen LogP) is 7.02. The number of anilines is 2. The number of pyridine rings is 1. The summed E-state index contributed by atoms with van der Waals surface area (Å²) in [6.45, 7) is 4.04. The minimum atomic E-state index is -2.77. The summed E-state index contributed by atoms with van der Waals surface area (Å²) in [6.07, 6.45) is 1.91. The Hall–Kier alpha value is -3.42. The standard InChI is InChI=1S/C27H27F4N3O.H2/c1-3-18-6-4-7-22(12-18)33-26(35)24-17(2)23(19-13-20(28)15-21(29)14-19)16-32-25(24)34-10-5-8-27(30,31)9-11-34;/h4,6-7,12-16H,3,5,8-11H2,1-2H3,(H,33,35);1H. The highest BCUT2D eigenvalue weighted by Crippen LogP contribution is 2.35. The van der Waals surface area contributed by atoms with Crippen molar-refractivity contribution in [3.63, 3.8) is 0 Å². The van der Waals surface area contributed by atoms with Crippen molar-refractivity contribution in [3.8, 4) is 11.1 Å². The Morgan fingerprint density at radius 2 is 1.86 bits per heavy atom. The van der Waals surface area contributed by atoms with Gasteiger partial charge >= 0.3 is 0 Å². The summed E-state index contributed by atoms with van der Waals surface area (Å²) in [5, 5.41) is 2.88. The molecule has 0 unspecified atom stereocenters.